The minimum absolute atomic E-state index is 0.0111. The smallest absolute Gasteiger partial charge is 0.304 e. The van der Waals surface area contributed by atoms with Gasteiger partial charge in [0, 0.05) is 22.3 Å². The van der Waals surface area contributed by atoms with Gasteiger partial charge in [0.1, 0.15) is 0 Å². The molecule has 5 nitrogen and oxygen atoms in total. The first-order chi connectivity index (χ1) is 9.47. The van der Waals surface area contributed by atoms with Crippen LogP contribution in [0, 0.1) is 15.9 Å². The van der Waals surface area contributed by atoms with E-state index in [0.717, 1.165) is 12.1 Å². The van der Waals surface area contributed by atoms with E-state index in [1.54, 1.807) is 24.3 Å². The van der Waals surface area contributed by atoms with Crippen LogP contribution in [-0.4, -0.2) is 10.8 Å². The van der Waals surface area contributed by atoms with E-state index < -0.39 is 22.3 Å². The van der Waals surface area contributed by atoms with Gasteiger partial charge >= 0.3 is 5.69 Å². The van der Waals surface area contributed by atoms with Crippen molar-refractivity contribution in [1.29, 1.82) is 0 Å². The van der Waals surface area contributed by atoms with Crippen molar-refractivity contribution in [1.82, 2.24) is 0 Å². The molecule has 0 unspecified atom stereocenters. The molecule has 7 heteroatoms. The predicted molar refractivity (Wildman–Crippen MR) is 72.5 cm³/mol. The van der Waals surface area contributed by atoms with Gasteiger partial charge < -0.3 is 5.32 Å². The van der Waals surface area contributed by atoms with Crippen LogP contribution in [0.25, 0.3) is 0 Å². The maximum absolute atomic E-state index is 13.4. The number of hydrogen-bond donors (Lipinski definition) is 1. The number of rotatable bonds is 3. The van der Waals surface area contributed by atoms with Crippen molar-refractivity contribution >= 4 is 28.9 Å². The zero-order chi connectivity index (χ0) is 14.7. The maximum Gasteiger partial charge on any atom is 0.304 e. The summed E-state index contributed by atoms with van der Waals surface area (Å²) < 4.78 is 13.4. The lowest BCUT2D eigenvalue weighted by atomic mass is 10.2. The molecule has 0 aliphatic carbocycles. The standard InChI is InChI=1S/C13H8ClFN2O3/c14-9-2-4-10(5-3-9)16-13(18)8-1-6-12(17(19)20)11(15)7-8/h1-7H,(H,16,18). The summed E-state index contributed by atoms with van der Waals surface area (Å²) in [7, 11) is 0. The van der Waals surface area contributed by atoms with E-state index in [9.17, 15) is 19.3 Å². The average molecular weight is 295 g/mol. The van der Waals surface area contributed by atoms with Gasteiger partial charge in [0.2, 0.25) is 5.82 Å². The lowest BCUT2D eigenvalue weighted by molar-refractivity contribution is -0.387. The fourth-order valence-electron chi connectivity index (χ4n) is 1.53. The number of amides is 1. The number of nitrogens with one attached hydrogen (secondary N) is 1. The zero-order valence-corrected chi connectivity index (χ0v) is 10.7. The highest BCUT2D eigenvalue weighted by molar-refractivity contribution is 6.30. The third-order valence-electron chi connectivity index (χ3n) is 2.51. The van der Waals surface area contributed by atoms with E-state index in [2.05, 4.69) is 5.32 Å². The molecule has 0 aliphatic rings. The van der Waals surface area contributed by atoms with Crippen LogP contribution in [-0.2, 0) is 0 Å². The minimum Gasteiger partial charge on any atom is -0.322 e. The first-order valence-corrected chi connectivity index (χ1v) is 5.86. The fourth-order valence-corrected chi connectivity index (χ4v) is 1.66. The summed E-state index contributed by atoms with van der Waals surface area (Å²) in [6, 6.07) is 9.31. The second-order valence-corrected chi connectivity index (χ2v) is 4.32. The lowest BCUT2D eigenvalue weighted by Crippen LogP contribution is -2.12. The molecule has 0 saturated carbocycles. The first kappa shape index (κ1) is 14.0. The SMILES string of the molecule is O=C(Nc1ccc(Cl)cc1)c1ccc([N+](=O)[O-])c(F)c1. The van der Waals surface area contributed by atoms with Crippen LogP contribution >= 0.6 is 11.6 Å². The Morgan fingerprint density at radius 3 is 2.40 bits per heavy atom. The highest BCUT2D eigenvalue weighted by Gasteiger charge is 2.16. The molecule has 0 radical (unpaired) electrons. The summed E-state index contributed by atoms with van der Waals surface area (Å²) >= 11 is 5.71. The van der Waals surface area contributed by atoms with E-state index in [-0.39, 0.29) is 5.56 Å². The molecule has 0 aliphatic heterocycles. The van der Waals surface area contributed by atoms with E-state index in [4.69, 9.17) is 11.6 Å². The number of anilines is 1. The number of hydrogen-bond acceptors (Lipinski definition) is 3. The monoisotopic (exact) mass is 294 g/mol. The third-order valence-corrected chi connectivity index (χ3v) is 2.76. The van der Waals surface area contributed by atoms with E-state index >= 15 is 0 Å². The van der Waals surface area contributed by atoms with Gasteiger partial charge in [-0.2, -0.15) is 4.39 Å². The molecule has 1 N–H and O–H groups in total. The predicted octanol–water partition coefficient (Wildman–Crippen LogP) is 3.64. The van der Waals surface area contributed by atoms with Crippen molar-refractivity contribution in [2.75, 3.05) is 5.32 Å². The normalized spacial score (nSPS) is 10.1. The molecule has 102 valence electrons. The van der Waals surface area contributed by atoms with Gasteiger partial charge in [0.25, 0.3) is 5.91 Å². The van der Waals surface area contributed by atoms with Crippen molar-refractivity contribution in [2.24, 2.45) is 0 Å². The molecule has 0 bridgehead atoms. The van der Waals surface area contributed by atoms with Crippen LogP contribution in [0.4, 0.5) is 15.8 Å². The Balaban J connectivity index is 2.19. The van der Waals surface area contributed by atoms with E-state index in [1.807, 2.05) is 0 Å². The molecule has 2 rings (SSSR count). The molecule has 0 atom stereocenters. The Morgan fingerprint density at radius 1 is 1.20 bits per heavy atom. The topological polar surface area (TPSA) is 72.2 Å². The molecular formula is C13H8ClFN2O3. The Kier molecular flexibility index (Phi) is 3.95. The van der Waals surface area contributed by atoms with Crippen molar-refractivity contribution < 1.29 is 14.1 Å². The number of carbonyl (C=O) groups excluding carboxylic acids is 1. The van der Waals surface area contributed by atoms with Gasteiger partial charge in [-0.05, 0) is 36.4 Å². The minimum atomic E-state index is -1.06. The Hall–Kier alpha value is -2.47. The van der Waals surface area contributed by atoms with Gasteiger partial charge in [-0.25, -0.2) is 0 Å². The summed E-state index contributed by atoms with van der Waals surface area (Å²) in [6.45, 7) is 0. The number of halogens is 2. The molecule has 2 aromatic rings. The molecule has 0 spiro atoms. The quantitative estimate of drug-likeness (QED) is 0.694. The van der Waals surface area contributed by atoms with Crippen molar-refractivity contribution in [3.63, 3.8) is 0 Å². The van der Waals surface area contributed by atoms with Crippen LogP contribution in [0.3, 0.4) is 0 Å². The third kappa shape index (κ3) is 3.10. The number of carbonyl (C=O) groups is 1. The van der Waals surface area contributed by atoms with Crippen LogP contribution in [0.15, 0.2) is 42.5 Å². The summed E-state index contributed by atoms with van der Waals surface area (Å²) in [4.78, 5) is 21.5. The second-order valence-electron chi connectivity index (χ2n) is 3.88. The van der Waals surface area contributed by atoms with Gasteiger partial charge in [-0.3, -0.25) is 14.9 Å². The molecule has 20 heavy (non-hydrogen) atoms. The van der Waals surface area contributed by atoms with Crippen LogP contribution in [0.5, 0.6) is 0 Å². The van der Waals surface area contributed by atoms with Gasteiger partial charge in [-0.1, -0.05) is 11.6 Å². The Bertz CT molecular complexity index is 674. The number of benzene rings is 2. The summed E-state index contributed by atoms with van der Waals surface area (Å²) in [5.41, 5.74) is -0.200. The van der Waals surface area contributed by atoms with Gasteiger partial charge in [0.15, 0.2) is 0 Å². The highest BCUT2D eigenvalue weighted by atomic mass is 35.5. The van der Waals surface area contributed by atoms with Gasteiger partial charge in [-0.15, -0.1) is 0 Å². The largest absolute Gasteiger partial charge is 0.322 e. The van der Waals surface area contributed by atoms with Crippen LogP contribution in [0.1, 0.15) is 10.4 Å². The van der Waals surface area contributed by atoms with Crippen molar-refractivity contribution in [3.05, 3.63) is 69.0 Å². The summed E-state index contributed by atoms with van der Waals surface area (Å²) in [5, 5.41) is 13.5. The molecule has 0 heterocycles. The molecule has 0 saturated heterocycles. The molecule has 0 fully saturated rings. The zero-order valence-electron chi connectivity index (χ0n) is 9.97. The number of nitro benzene ring substituents is 1. The average Bonchev–Trinajstić information content (AvgIpc) is 2.40. The van der Waals surface area contributed by atoms with Crippen LogP contribution < -0.4 is 5.32 Å². The van der Waals surface area contributed by atoms with Crippen molar-refractivity contribution in [3.8, 4) is 0 Å². The van der Waals surface area contributed by atoms with Gasteiger partial charge in [0.05, 0.1) is 4.92 Å². The summed E-state index contributed by atoms with van der Waals surface area (Å²) in [5.74, 6) is -1.63. The second kappa shape index (κ2) is 5.66. The van der Waals surface area contributed by atoms with Crippen molar-refractivity contribution in [2.45, 2.75) is 0 Å². The fraction of sp³-hybridized carbons (Fsp3) is 0. The number of nitrogens with zero attached hydrogens (tertiary/aromatic N) is 1. The first-order valence-electron chi connectivity index (χ1n) is 5.48. The molecule has 0 aromatic heterocycles. The Morgan fingerprint density at radius 2 is 1.85 bits per heavy atom. The maximum atomic E-state index is 13.4. The van der Waals surface area contributed by atoms with Crippen LogP contribution in [0.2, 0.25) is 5.02 Å². The Labute approximate surface area is 118 Å². The number of nitro groups is 1. The molecule has 1 amide bonds. The van der Waals surface area contributed by atoms with E-state index in [0.29, 0.717) is 10.7 Å². The molecular weight excluding hydrogens is 287 g/mol. The lowest BCUT2D eigenvalue weighted by Gasteiger charge is -2.05. The summed E-state index contributed by atoms with van der Waals surface area (Å²) in [6.07, 6.45) is 0. The molecule has 2 aromatic carbocycles. The highest BCUT2D eigenvalue weighted by Crippen LogP contribution is 2.19. The van der Waals surface area contributed by atoms with E-state index in [1.165, 1.54) is 6.07 Å².